The molecule has 3 heterocycles. The van der Waals surface area contributed by atoms with Gasteiger partial charge in [-0.15, -0.1) is 0 Å². The highest BCUT2D eigenvalue weighted by atomic mass is 16.5. The molecule has 8 heteroatoms. The molecule has 0 unspecified atom stereocenters. The molecule has 0 bridgehead atoms. The Hall–Kier alpha value is -2.09. The Morgan fingerprint density at radius 2 is 1.83 bits per heavy atom. The third-order valence-electron chi connectivity index (χ3n) is 4.62. The van der Waals surface area contributed by atoms with Gasteiger partial charge in [-0.1, -0.05) is 0 Å². The SMILES string of the molecule is CCN(CC)C(=O)N1CCn2nc(C(=O)N3CCOCC3)cc2C1. The van der Waals surface area contributed by atoms with Crippen LogP contribution in [-0.2, 0) is 17.8 Å². The van der Waals surface area contributed by atoms with Gasteiger partial charge < -0.3 is 19.4 Å². The van der Waals surface area contributed by atoms with Gasteiger partial charge in [0.15, 0.2) is 5.69 Å². The van der Waals surface area contributed by atoms with E-state index in [4.69, 9.17) is 4.74 Å². The maximum atomic E-state index is 12.5. The molecule has 0 aromatic carbocycles. The Morgan fingerprint density at radius 1 is 1.12 bits per heavy atom. The maximum Gasteiger partial charge on any atom is 0.320 e. The average molecular weight is 335 g/mol. The number of hydrogen-bond acceptors (Lipinski definition) is 4. The lowest BCUT2D eigenvalue weighted by Gasteiger charge is -2.32. The van der Waals surface area contributed by atoms with E-state index in [0.29, 0.717) is 64.7 Å². The first-order valence-corrected chi connectivity index (χ1v) is 8.61. The van der Waals surface area contributed by atoms with Gasteiger partial charge in [-0.25, -0.2) is 4.79 Å². The number of carbonyl (C=O) groups is 2. The topological polar surface area (TPSA) is 70.9 Å². The number of hydrogen-bond donors (Lipinski definition) is 0. The van der Waals surface area contributed by atoms with E-state index >= 15 is 0 Å². The van der Waals surface area contributed by atoms with Crippen molar-refractivity contribution in [2.24, 2.45) is 0 Å². The van der Waals surface area contributed by atoms with Crippen molar-refractivity contribution < 1.29 is 14.3 Å². The summed E-state index contributed by atoms with van der Waals surface area (Å²) in [7, 11) is 0. The molecule has 132 valence electrons. The summed E-state index contributed by atoms with van der Waals surface area (Å²) in [5, 5.41) is 4.44. The van der Waals surface area contributed by atoms with Gasteiger partial charge in [0.1, 0.15) is 0 Å². The number of ether oxygens (including phenoxy) is 1. The second kappa shape index (κ2) is 7.21. The molecule has 0 saturated carbocycles. The van der Waals surface area contributed by atoms with Crippen LogP contribution < -0.4 is 0 Å². The van der Waals surface area contributed by atoms with Gasteiger partial charge >= 0.3 is 6.03 Å². The fourth-order valence-corrected chi connectivity index (χ4v) is 3.16. The van der Waals surface area contributed by atoms with Gasteiger partial charge in [-0.2, -0.15) is 5.10 Å². The number of carbonyl (C=O) groups excluding carboxylic acids is 2. The quantitative estimate of drug-likeness (QED) is 0.812. The summed E-state index contributed by atoms with van der Waals surface area (Å²) >= 11 is 0. The third kappa shape index (κ3) is 3.24. The summed E-state index contributed by atoms with van der Waals surface area (Å²) in [6.45, 7) is 9.46. The lowest BCUT2D eigenvalue weighted by Crippen LogP contribution is -2.46. The van der Waals surface area contributed by atoms with Gasteiger partial charge in [-0.3, -0.25) is 9.48 Å². The smallest absolute Gasteiger partial charge is 0.320 e. The summed E-state index contributed by atoms with van der Waals surface area (Å²) in [6, 6.07) is 1.87. The first-order chi connectivity index (χ1) is 11.6. The summed E-state index contributed by atoms with van der Waals surface area (Å²) in [5.41, 5.74) is 1.38. The predicted molar refractivity (Wildman–Crippen MR) is 87.7 cm³/mol. The lowest BCUT2D eigenvalue weighted by molar-refractivity contribution is 0.0298. The van der Waals surface area contributed by atoms with E-state index in [1.165, 1.54) is 0 Å². The van der Waals surface area contributed by atoms with Gasteiger partial charge in [-0.05, 0) is 19.9 Å². The molecule has 0 radical (unpaired) electrons. The van der Waals surface area contributed by atoms with E-state index in [-0.39, 0.29) is 11.9 Å². The van der Waals surface area contributed by atoms with Gasteiger partial charge in [0.05, 0.1) is 32.0 Å². The van der Waals surface area contributed by atoms with Crippen molar-refractivity contribution in [2.45, 2.75) is 26.9 Å². The Bertz CT molecular complexity index is 605. The molecule has 0 spiro atoms. The number of morpholine rings is 1. The Morgan fingerprint density at radius 3 is 2.50 bits per heavy atom. The lowest BCUT2D eigenvalue weighted by atomic mass is 10.2. The normalized spacial score (nSPS) is 17.6. The minimum atomic E-state index is -0.0539. The monoisotopic (exact) mass is 335 g/mol. The third-order valence-corrected chi connectivity index (χ3v) is 4.62. The fourth-order valence-electron chi connectivity index (χ4n) is 3.16. The van der Waals surface area contributed by atoms with E-state index < -0.39 is 0 Å². The standard InChI is InChI=1S/C16H25N5O3/c1-3-18(4-2)16(23)20-5-6-21-13(12-20)11-14(17-21)15(22)19-7-9-24-10-8-19/h11H,3-10,12H2,1-2H3. The van der Waals surface area contributed by atoms with E-state index in [2.05, 4.69) is 5.10 Å². The highest BCUT2D eigenvalue weighted by molar-refractivity contribution is 5.92. The first kappa shape index (κ1) is 16.8. The van der Waals surface area contributed by atoms with Crippen molar-refractivity contribution in [3.63, 3.8) is 0 Å². The Kier molecular flexibility index (Phi) is 5.03. The summed E-state index contributed by atoms with van der Waals surface area (Å²) in [6.07, 6.45) is 0. The molecule has 3 amide bonds. The van der Waals surface area contributed by atoms with Crippen LogP contribution in [-0.4, -0.2) is 82.4 Å². The molecular formula is C16H25N5O3. The first-order valence-electron chi connectivity index (χ1n) is 8.61. The molecule has 0 N–H and O–H groups in total. The minimum Gasteiger partial charge on any atom is -0.378 e. The molecular weight excluding hydrogens is 310 g/mol. The summed E-state index contributed by atoms with van der Waals surface area (Å²) in [4.78, 5) is 30.4. The van der Waals surface area contributed by atoms with Crippen molar-refractivity contribution in [1.29, 1.82) is 0 Å². The molecule has 2 aliphatic heterocycles. The van der Waals surface area contributed by atoms with E-state index in [9.17, 15) is 9.59 Å². The van der Waals surface area contributed by atoms with Crippen LogP contribution in [0.25, 0.3) is 0 Å². The largest absolute Gasteiger partial charge is 0.378 e. The zero-order valence-electron chi connectivity index (χ0n) is 14.4. The van der Waals surface area contributed by atoms with Crippen molar-refractivity contribution in [2.75, 3.05) is 45.9 Å². The number of rotatable bonds is 3. The Labute approximate surface area is 141 Å². The van der Waals surface area contributed by atoms with E-state index in [1.807, 2.05) is 34.4 Å². The molecule has 1 aromatic rings. The summed E-state index contributed by atoms with van der Waals surface area (Å²) < 4.78 is 7.13. The molecule has 8 nitrogen and oxygen atoms in total. The second-order valence-electron chi connectivity index (χ2n) is 6.03. The second-order valence-corrected chi connectivity index (χ2v) is 6.03. The molecule has 0 aliphatic carbocycles. The number of urea groups is 1. The molecule has 24 heavy (non-hydrogen) atoms. The molecule has 1 saturated heterocycles. The zero-order chi connectivity index (χ0) is 17.1. The van der Waals surface area contributed by atoms with Crippen LogP contribution in [0.2, 0.25) is 0 Å². The van der Waals surface area contributed by atoms with Crippen molar-refractivity contribution in [1.82, 2.24) is 24.5 Å². The van der Waals surface area contributed by atoms with Crippen LogP contribution in [0, 0.1) is 0 Å². The maximum absolute atomic E-state index is 12.5. The minimum absolute atomic E-state index is 0.0495. The summed E-state index contributed by atoms with van der Waals surface area (Å²) in [5.74, 6) is -0.0539. The van der Waals surface area contributed by atoms with Crippen LogP contribution in [0.4, 0.5) is 4.79 Å². The molecule has 0 atom stereocenters. The number of amides is 3. The van der Waals surface area contributed by atoms with Gasteiger partial charge in [0.25, 0.3) is 5.91 Å². The van der Waals surface area contributed by atoms with Crippen LogP contribution >= 0.6 is 0 Å². The molecule has 3 rings (SSSR count). The predicted octanol–water partition coefficient (Wildman–Crippen LogP) is 0.633. The van der Waals surface area contributed by atoms with Crippen LogP contribution in [0.3, 0.4) is 0 Å². The zero-order valence-corrected chi connectivity index (χ0v) is 14.4. The van der Waals surface area contributed by atoms with Gasteiger partial charge in [0, 0.05) is 32.7 Å². The molecule has 1 aromatic heterocycles. The molecule has 1 fully saturated rings. The van der Waals surface area contributed by atoms with Crippen LogP contribution in [0.15, 0.2) is 6.07 Å². The Balaban J connectivity index is 1.70. The average Bonchev–Trinajstić information content (AvgIpc) is 3.06. The van der Waals surface area contributed by atoms with Crippen LogP contribution in [0.5, 0.6) is 0 Å². The van der Waals surface area contributed by atoms with Crippen molar-refractivity contribution in [3.8, 4) is 0 Å². The fraction of sp³-hybridized carbons (Fsp3) is 0.688. The number of fused-ring (bicyclic) bond motifs is 1. The van der Waals surface area contributed by atoms with E-state index in [1.54, 1.807) is 4.90 Å². The van der Waals surface area contributed by atoms with Crippen molar-refractivity contribution >= 4 is 11.9 Å². The van der Waals surface area contributed by atoms with E-state index in [0.717, 1.165) is 5.69 Å². The number of aromatic nitrogens is 2. The number of nitrogens with zero attached hydrogens (tertiary/aromatic N) is 5. The van der Waals surface area contributed by atoms with Crippen LogP contribution in [0.1, 0.15) is 30.0 Å². The van der Waals surface area contributed by atoms with Gasteiger partial charge in [0.2, 0.25) is 0 Å². The van der Waals surface area contributed by atoms with Crippen molar-refractivity contribution in [3.05, 3.63) is 17.5 Å². The molecule has 2 aliphatic rings. The highest BCUT2D eigenvalue weighted by Gasteiger charge is 2.27. The highest BCUT2D eigenvalue weighted by Crippen LogP contribution is 2.17.